The van der Waals surface area contributed by atoms with E-state index in [9.17, 15) is 14.9 Å². The molecule has 0 atom stereocenters. The van der Waals surface area contributed by atoms with Gasteiger partial charge in [0.2, 0.25) is 0 Å². The van der Waals surface area contributed by atoms with Gasteiger partial charge >= 0.3 is 93.2 Å². The molecular weight excluding hydrogens is 293 g/mol. The summed E-state index contributed by atoms with van der Waals surface area (Å²) in [7, 11) is 0. The molecule has 0 fully saturated rings. The summed E-state index contributed by atoms with van der Waals surface area (Å²) in [4.78, 5) is 20.6. The number of nitro groups is 1. The fourth-order valence-corrected chi connectivity index (χ4v) is 1.08. The standard InChI is InChI=1S/C8H6NO4.Sn/c10-5-6-13-8-4-2-1-3-7(8)9(11)12;/h1-4H,6H2;. The molecule has 0 aliphatic heterocycles. The zero-order valence-corrected chi connectivity index (χ0v) is 9.95. The summed E-state index contributed by atoms with van der Waals surface area (Å²) in [5.41, 5.74) is -0.121. The van der Waals surface area contributed by atoms with Crippen molar-refractivity contribution in [2.75, 3.05) is 6.61 Å². The molecule has 71 valence electrons. The van der Waals surface area contributed by atoms with Crippen molar-refractivity contribution in [3.05, 3.63) is 34.4 Å². The Morgan fingerprint density at radius 1 is 1.50 bits per heavy atom. The Bertz CT molecular complexity index is 366. The molecule has 0 aliphatic rings. The average molecular weight is 299 g/mol. The van der Waals surface area contributed by atoms with Gasteiger partial charge in [0.1, 0.15) is 0 Å². The van der Waals surface area contributed by atoms with Gasteiger partial charge in [0, 0.05) is 0 Å². The summed E-state index contributed by atoms with van der Waals surface area (Å²) in [5.74, 6) is 0.133. The second-order valence-corrected chi connectivity index (χ2v) is 4.03. The molecular formula is C8H6NO4Sn. The molecule has 0 aromatic heterocycles. The summed E-state index contributed by atoms with van der Waals surface area (Å²) in [6.07, 6.45) is 0. The van der Waals surface area contributed by atoms with E-state index in [4.69, 9.17) is 4.74 Å². The van der Waals surface area contributed by atoms with E-state index in [0.29, 0.717) is 0 Å². The predicted molar refractivity (Wildman–Crippen MR) is 49.4 cm³/mol. The number of para-hydroxylation sites is 2. The number of nitrogens with zero attached hydrogens (tertiary/aromatic N) is 1. The molecule has 0 heterocycles. The van der Waals surface area contributed by atoms with Gasteiger partial charge in [0.05, 0.1) is 0 Å². The molecule has 1 aromatic carbocycles. The predicted octanol–water partition coefficient (Wildman–Crippen LogP) is 0.669. The summed E-state index contributed by atoms with van der Waals surface area (Å²) in [5, 5.41) is 10.5. The molecule has 3 radical (unpaired) electrons. The number of nitro benzene ring substituents is 1. The van der Waals surface area contributed by atoms with Crippen molar-refractivity contribution in [3.63, 3.8) is 0 Å². The molecule has 0 spiro atoms. The van der Waals surface area contributed by atoms with Crippen LogP contribution in [-0.4, -0.2) is 37.9 Å². The third-order valence-corrected chi connectivity index (χ3v) is 1.83. The van der Waals surface area contributed by atoms with Crippen molar-refractivity contribution in [1.29, 1.82) is 0 Å². The number of carbonyl (C=O) groups is 1. The SMILES string of the molecule is O=[C]([Sn])COc1ccccc1[N+](=O)[O-]. The first-order valence-electron chi connectivity index (χ1n) is 3.72. The van der Waals surface area contributed by atoms with Gasteiger partial charge in [-0.15, -0.1) is 0 Å². The Morgan fingerprint density at radius 2 is 2.14 bits per heavy atom. The minimum absolute atomic E-state index is 0.0876. The second kappa shape index (κ2) is 4.94. The van der Waals surface area contributed by atoms with Crippen LogP contribution in [-0.2, 0) is 4.79 Å². The number of rotatable bonds is 4. The van der Waals surface area contributed by atoms with Crippen LogP contribution in [0.1, 0.15) is 0 Å². The first-order chi connectivity index (χ1) is 6.61. The molecule has 1 rings (SSSR count). The van der Waals surface area contributed by atoms with E-state index in [1.54, 1.807) is 12.1 Å². The molecule has 6 heteroatoms. The van der Waals surface area contributed by atoms with E-state index in [2.05, 4.69) is 0 Å². The zero-order chi connectivity index (χ0) is 10.6. The molecule has 0 saturated heterocycles. The Kier molecular flexibility index (Phi) is 3.87. The van der Waals surface area contributed by atoms with Gasteiger partial charge in [-0.05, 0) is 0 Å². The van der Waals surface area contributed by atoms with E-state index >= 15 is 0 Å². The summed E-state index contributed by atoms with van der Waals surface area (Å²) < 4.78 is 4.90. The van der Waals surface area contributed by atoms with Gasteiger partial charge in [-0.1, -0.05) is 0 Å². The number of ether oxygens (including phenoxy) is 1. The Labute approximate surface area is 93.3 Å². The van der Waals surface area contributed by atoms with Crippen molar-refractivity contribution in [1.82, 2.24) is 0 Å². The average Bonchev–Trinajstić information content (AvgIpc) is 2.15. The molecule has 0 N–H and O–H groups in total. The minimum atomic E-state index is -0.539. The van der Waals surface area contributed by atoms with Gasteiger partial charge in [0.25, 0.3) is 0 Å². The van der Waals surface area contributed by atoms with Crippen LogP contribution in [0.5, 0.6) is 5.75 Å². The normalized spacial score (nSPS) is 9.50. The Balaban J connectivity index is 2.84. The zero-order valence-electron chi connectivity index (χ0n) is 7.10. The van der Waals surface area contributed by atoms with Gasteiger partial charge in [-0.3, -0.25) is 0 Å². The maximum atomic E-state index is 10.6. The van der Waals surface area contributed by atoms with Crippen LogP contribution in [0, 0.1) is 10.1 Å². The Hall–Kier alpha value is -1.11. The topological polar surface area (TPSA) is 69.4 Å². The fraction of sp³-hybridized carbons (Fsp3) is 0.125. The molecule has 0 unspecified atom stereocenters. The Morgan fingerprint density at radius 3 is 2.71 bits per heavy atom. The molecule has 0 bridgehead atoms. The number of carbonyl (C=O) groups excluding carboxylic acids is 1. The molecule has 1 aromatic rings. The number of hydrogen-bond acceptors (Lipinski definition) is 4. The van der Waals surface area contributed by atoms with Crippen LogP contribution < -0.4 is 4.74 Å². The molecule has 0 amide bonds. The number of benzene rings is 1. The van der Waals surface area contributed by atoms with Crippen LogP contribution in [0.4, 0.5) is 5.69 Å². The van der Waals surface area contributed by atoms with Gasteiger partial charge in [-0.25, -0.2) is 0 Å². The van der Waals surface area contributed by atoms with Crippen LogP contribution in [0.15, 0.2) is 24.3 Å². The van der Waals surface area contributed by atoms with E-state index in [0.717, 1.165) is 22.5 Å². The quantitative estimate of drug-likeness (QED) is 0.465. The molecule has 5 nitrogen and oxygen atoms in total. The van der Waals surface area contributed by atoms with Crippen molar-refractivity contribution in [2.24, 2.45) is 0 Å². The van der Waals surface area contributed by atoms with Crippen molar-refractivity contribution in [3.8, 4) is 5.75 Å². The van der Waals surface area contributed by atoms with E-state index in [-0.39, 0.29) is 21.8 Å². The van der Waals surface area contributed by atoms with Crippen molar-refractivity contribution in [2.45, 2.75) is 0 Å². The van der Waals surface area contributed by atoms with Crippen LogP contribution in [0.25, 0.3) is 0 Å². The second-order valence-electron chi connectivity index (χ2n) is 2.44. The van der Waals surface area contributed by atoms with Crippen molar-refractivity contribution >= 4 is 32.0 Å². The molecule has 0 aliphatic carbocycles. The van der Waals surface area contributed by atoms with Gasteiger partial charge < -0.3 is 0 Å². The first kappa shape index (κ1) is 11.0. The fourth-order valence-electron chi connectivity index (χ4n) is 0.873. The van der Waals surface area contributed by atoms with Crippen LogP contribution >= 0.6 is 0 Å². The molecule has 0 saturated carbocycles. The van der Waals surface area contributed by atoms with E-state index < -0.39 is 4.92 Å². The maximum absolute atomic E-state index is 10.6. The monoisotopic (exact) mass is 300 g/mol. The third-order valence-electron chi connectivity index (χ3n) is 1.42. The first-order valence-corrected chi connectivity index (χ1v) is 5.14. The van der Waals surface area contributed by atoms with Crippen LogP contribution in [0.3, 0.4) is 0 Å². The summed E-state index contributed by atoms with van der Waals surface area (Å²) >= 11 is 0.730. The van der Waals surface area contributed by atoms with Crippen LogP contribution in [0.2, 0.25) is 0 Å². The number of hydrogen-bond donors (Lipinski definition) is 0. The van der Waals surface area contributed by atoms with E-state index in [1.807, 2.05) is 0 Å². The summed E-state index contributed by atoms with van der Waals surface area (Å²) in [6, 6.07) is 5.97. The van der Waals surface area contributed by atoms with Crippen molar-refractivity contribution < 1.29 is 14.5 Å². The third kappa shape index (κ3) is 2.98. The van der Waals surface area contributed by atoms with Gasteiger partial charge in [-0.2, -0.15) is 0 Å². The van der Waals surface area contributed by atoms with E-state index in [1.165, 1.54) is 12.1 Å². The summed E-state index contributed by atoms with van der Waals surface area (Å²) in [6.45, 7) is -0.108. The molecule has 14 heavy (non-hydrogen) atoms. The van der Waals surface area contributed by atoms with Gasteiger partial charge in [0.15, 0.2) is 0 Å².